The van der Waals surface area contributed by atoms with Crippen LogP contribution in [0, 0.1) is 0 Å². The molecule has 2 rings (SSSR count). The van der Waals surface area contributed by atoms with Crippen molar-refractivity contribution in [2.75, 3.05) is 59.8 Å². The Morgan fingerprint density at radius 2 is 2.00 bits per heavy atom. The number of ether oxygens (including phenoxy) is 4. The van der Waals surface area contributed by atoms with Crippen molar-refractivity contribution in [3.63, 3.8) is 0 Å². The maximum Gasteiger partial charge on any atom is 0.191 e. The summed E-state index contributed by atoms with van der Waals surface area (Å²) in [6.07, 6.45) is 1.68. The maximum atomic E-state index is 6.29. The predicted octanol–water partition coefficient (Wildman–Crippen LogP) is 2.88. The first kappa shape index (κ1) is 25.1. The van der Waals surface area contributed by atoms with E-state index in [2.05, 4.69) is 15.6 Å². The number of fused-ring (bicyclic) bond motifs is 1. The summed E-state index contributed by atoms with van der Waals surface area (Å²) in [5.41, 5.74) is 1.10. The molecule has 1 aliphatic rings. The summed E-state index contributed by atoms with van der Waals surface area (Å²) in [4.78, 5) is 4.56. The molecule has 0 aliphatic carbocycles. The molecule has 28 heavy (non-hydrogen) atoms. The molecule has 0 amide bonds. The quantitative estimate of drug-likeness (QED) is 0.200. The Morgan fingerprint density at radius 1 is 1.18 bits per heavy atom. The van der Waals surface area contributed by atoms with Crippen LogP contribution in [0.4, 0.5) is 0 Å². The summed E-state index contributed by atoms with van der Waals surface area (Å²) in [5.74, 6) is 2.16. The fourth-order valence-electron chi connectivity index (χ4n) is 2.58. The van der Waals surface area contributed by atoms with Crippen molar-refractivity contribution in [3.05, 3.63) is 22.7 Å². The number of benzene rings is 1. The summed E-state index contributed by atoms with van der Waals surface area (Å²) in [6.45, 7) is 7.32. The van der Waals surface area contributed by atoms with E-state index < -0.39 is 0 Å². The van der Waals surface area contributed by atoms with Gasteiger partial charge in [0.25, 0.3) is 0 Å². The predicted molar refractivity (Wildman–Crippen MR) is 123 cm³/mol. The van der Waals surface area contributed by atoms with Crippen LogP contribution in [0.1, 0.15) is 18.9 Å². The van der Waals surface area contributed by atoms with Crippen molar-refractivity contribution in [1.82, 2.24) is 10.6 Å². The molecule has 0 saturated carbocycles. The Morgan fingerprint density at radius 3 is 2.79 bits per heavy atom. The lowest BCUT2D eigenvalue weighted by Gasteiger charge is -2.20. The zero-order valence-electron chi connectivity index (χ0n) is 16.6. The van der Waals surface area contributed by atoms with E-state index >= 15 is 0 Å². The summed E-state index contributed by atoms with van der Waals surface area (Å²) < 4.78 is 21.6. The number of hydrogen-bond donors (Lipinski definition) is 2. The third-order valence-corrected chi connectivity index (χ3v) is 4.14. The summed E-state index contributed by atoms with van der Waals surface area (Å²) >= 11 is 6.29. The maximum absolute atomic E-state index is 6.29. The van der Waals surface area contributed by atoms with Crippen LogP contribution < -0.4 is 20.1 Å². The number of methoxy groups -OCH3 is 1. The Balaban J connectivity index is 0.00000392. The smallest absolute Gasteiger partial charge is 0.191 e. The molecule has 9 heteroatoms. The zero-order valence-corrected chi connectivity index (χ0v) is 19.7. The highest BCUT2D eigenvalue weighted by Gasteiger charge is 2.16. The monoisotopic (exact) mass is 527 g/mol. The fourth-order valence-corrected chi connectivity index (χ4v) is 2.87. The van der Waals surface area contributed by atoms with Gasteiger partial charge in [-0.05, 0) is 37.5 Å². The van der Waals surface area contributed by atoms with E-state index in [0.717, 1.165) is 43.2 Å². The fraction of sp³-hybridized carbons (Fsp3) is 0.632. The highest BCUT2D eigenvalue weighted by Crippen LogP contribution is 2.38. The molecule has 0 spiro atoms. The molecule has 1 aliphatic heterocycles. The summed E-state index contributed by atoms with van der Waals surface area (Å²) in [6, 6.07) is 3.92. The first-order valence-electron chi connectivity index (χ1n) is 9.41. The van der Waals surface area contributed by atoms with Crippen molar-refractivity contribution in [2.45, 2.75) is 19.8 Å². The number of nitrogens with zero attached hydrogens (tertiary/aromatic N) is 1. The van der Waals surface area contributed by atoms with Crippen LogP contribution in [0.3, 0.4) is 0 Å². The van der Waals surface area contributed by atoms with E-state index in [9.17, 15) is 0 Å². The second kappa shape index (κ2) is 14.9. The number of nitrogens with one attached hydrogen (secondary N) is 2. The molecule has 0 bridgehead atoms. The largest absolute Gasteiger partial charge is 0.486 e. The van der Waals surface area contributed by atoms with E-state index in [1.54, 1.807) is 7.11 Å². The molecule has 0 saturated heterocycles. The molecular weight excluding hydrogens is 497 g/mol. The first-order valence-corrected chi connectivity index (χ1v) is 9.79. The highest BCUT2D eigenvalue weighted by molar-refractivity contribution is 14.0. The standard InChI is InChI=1S/C19H30ClN3O4.HI/c1-3-21-19(22-6-4-8-25-10-9-24-2)23-7-5-15-13-16(20)18-17(14-15)26-11-12-27-18;/h13-14H,3-12H2,1-2H3,(H2,21,22,23);1H. The third kappa shape index (κ3) is 9.02. The van der Waals surface area contributed by atoms with Crippen molar-refractivity contribution < 1.29 is 18.9 Å². The Hall–Kier alpha value is -0.970. The van der Waals surface area contributed by atoms with Gasteiger partial charge in [-0.3, -0.25) is 4.99 Å². The Kier molecular flexibility index (Phi) is 13.4. The molecule has 1 aromatic rings. The molecule has 0 radical (unpaired) electrons. The van der Waals surface area contributed by atoms with E-state index in [1.807, 2.05) is 19.1 Å². The summed E-state index contributed by atoms with van der Waals surface area (Å²) in [7, 11) is 1.67. The highest BCUT2D eigenvalue weighted by atomic mass is 127. The minimum atomic E-state index is 0. The second-order valence-electron chi connectivity index (χ2n) is 6.00. The second-order valence-corrected chi connectivity index (χ2v) is 6.41. The number of guanidine groups is 1. The number of rotatable bonds is 11. The SMILES string of the molecule is CCNC(=NCCCOCCOC)NCCc1cc(Cl)c2c(c1)OCCO2.I. The van der Waals surface area contributed by atoms with Gasteiger partial charge >= 0.3 is 0 Å². The van der Waals surface area contributed by atoms with Crippen LogP contribution in [-0.4, -0.2) is 65.7 Å². The van der Waals surface area contributed by atoms with Gasteiger partial charge in [-0.15, -0.1) is 24.0 Å². The van der Waals surface area contributed by atoms with E-state index in [0.29, 0.717) is 50.4 Å². The van der Waals surface area contributed by atoms with Gasteiger partial charge in [0.05, 0.1) is 18.2 Å². The molecule has 7 nitrogen and oxygen atoms in total. The van der Waals surface area contributed by atoms with Crippen LogP contribution in [0.2, 0.25) is 5.02 Å². The minimum absolute atomic E-state index is 0. The van der Waals surface area contributed by atoms with Gasteiger partial charge in [0, 0.05) is 33.4 Å². The lowest BCUT2D eigenvalue weighted by Crippen LogP contribution is -2.38. The van der Waals surface area contributed by atoms with Crippen molar-refractivity contribution in [3.8, 4) is 11.5 Å². The lowest BCUT2D eigenvalue weighted by atomic mass is 10.1. The Labute approximate surface area is 189 Å². The molecule has 0 fully saturated rings. The van der Waals surface area contributed by atoms with Crippen LogP contribution in [0.5, 0.6) is 11.5 Å². The third-order valence-electron chi connectivity index (χ3n) is 3.86. The van der Waals surface area contributed by atoms with E-state index in [4.69, 9.17) is 30.5 Å². The first-order chi connectivity index (χ1) is 13.2. The van der Waals surface area contributed by atoms with Crippen molar-refractivity contribution in [1.29, 1.82) is 0 Å². The normalized spacial score (nSPS) is 13.0. The van der Waals surface area contributed by atoms with Gasteiger partial charge in [-0.2, -0.15) is 0 Å². The van der Waals surface area contributed by atoms with E-state index in [-0.39, 0.29) is 24.0 Å². The summed E-state index contributed by atoms with van der Waals surface area (Å²) in [5, 5.41) is 7.19. The van der Waals surface area contributed by atoms with Gasteiger partial charge in [-0.25, -0.2) is 0 Å². The average Bonchev–Trinajstić information content (AvgIpc) is 2.67. The molecule has 1 heterocycles. The molecule has 160 valence electrons. The molecule has 0 atom stereocenters. The van der Waals surface area contributed by atoms with Crippen molar-refractivity contribution >= 4 is 41.5 Å². The van der Waals surface area contributed by atoms with Gasteiger partial charge < -0.3 is 29.6 Å². The Bertz CT molecular complexity index is 605. The number of hydrogen-bond acceptors (Lipinski definition) is 5. The molecule has 1 aromatic carbocycles. The molecule has 0 unspecified atom stereocenters. The van der Waals surface area contributed by atoms with Gasteiger partial charge in [0.2, 0.25) is 0 Å². The zero-order chi connectivity index (χ0) is 19.3. The van der Waals surface area contributed by atoms with Gasteiger partial charge in [0.15, 0.2) is 17.5 Å². The van der Waals surface area contributed by atoms with Crippen LogP contribution in [0.15, 0.2) is 17.1 Å². The van der Waals surface area contributed by atoms with Crippen LogP contribution >= 0.6 is 35.6 Å². The van der Waals surface area contributed by atoms with E-state index in [1.165, 1.54) is 0 Å². The molecular formula is C19H31ClIN3O4. The van der Waals surface area contributed by atoms with Gasteiger partial charge in [0.1, 0.15) is 13.2 Å². The molecule has 0 aromatic heterocycles. The topological polar surface area (TPSA) is 73.3 Å². The lowest BCUT2D eigenvalue weighted by molar-refractivity contribution is 0.0702. The van der Waals surface area contributed by atoms with Crippen molar-refractivity contribution in [2.24, 2.45) is 4.99 Å². The van der Waals surface area contributed by atoms with Crippen LogP contribution in [-0.2, 0) is 15.9 Å². The van der Waals surface area contributed by atoms with Crippen LogP contribution in [0.25, 0.3) is 0 Å². The van der Waals surface area contributed by atoms with Gasteiger partial charge in [-0.1, -0.05) is 11.6 Å². The number of halogens is 2. The average molecular weight is 528 g/mol. The number of aliphatic imine (C=N–C) groups is 1. The molecule has 2 N–H and O–H groups in total. The minimum Gasteiger partial charge on any atom is -0.486 e.